The van der Waals surface area contributed by atoms with Crippen LogP contribution in [-0.4, -0.2) is 38.8 Å². The molecule has 3 aromatic rings. The molecule has 7 nitrogen and oxygen atoms in total. The van der Waals surface area contributed by atoms with Crippen molar-refractivity contribution >= 4 is 34.7 Å². The highest BCUT2D eigenvalue weighted by molar-refractivity contribution is 6.31. The van der Waals surface area contributed by atoms with Crippen molar-refractivity contribution < 1.29 is 9.18 Å². The number of benzene rings is 1. The highest BCUT2D eigenvalue weighted by Crippen LogP contribution is 2.24. The van der Waals surface area contributed by atoms with Crippen LogP contribution in [0.5, 0.6) is 0 Å². The second-order valence-corrected chi connectivity index (χ2v) is 7.02. The Morgan fingerprint density at radius 3 is 2.96 bits per heavy atom. The maximum absolute atomic E-state index is 13.3. The Hall–Kier alpha value is -2.74. The summed E-state index contributed by atoms with van der Waals surface area (Å²) in [5.41, 5.74) is 1.18. The lowest BCUT2D eigenvalue weighted by molar-refractivity contribution is -0.120. The summed E-state index contributed by atoms with van der Waals surface area (Å²) < 4.78 is 15.0. The Bertz CT molecular complexity index is 1010. The van der Waals surface area contributed by atoms with E-state index in [1.54, 1.807) is 4.52 Å². The molecule has 2 aromatic heterocycles. The van der Waals surface area contributed by atoms with Crippen molar-refractivity contribution in [1.29, 1.82) is 0 Å². The van der Waals surface area contributed by atoms with Crippen LogP contribution in [0, 0.1) is 18.7 Å². The summed E-state index contributed by atoms with van der Waals surface area (Å²) in [6, 6.07) is 7.92. The summed E-state index contributed by atoms with van der Waals surface area (Å²) in [6.07, 6.45) is 1.66. The fourth-order valence-electron chi connectivity index (χ4n) is 3.27. The van der Waals surface area contributed by atoms with Gasteiger partial charge in [-0.15, -0.1) is 15.3 Å². The smallest absolute Gasteiger partial charge is 0.229 e. The van der Waals surface area contributed by atoms with Gasteiger partial charge in [-0.1, -0.05) is 11.6 Å². The molecule has 9 heteroatoms. The maximum atomic E-state index is 13.3. The van der Waals surface area contributed by atoms with E-state index in [1.165, 1.54) is 18.2 Å². The summed E-state index contributed by atoms with van der Waals surface area (Å²) in [5, 5.41) is 15.4. The van der Waals surface area contributed by atoms with Crippen LogP contribution in [0.4, 0.5) is 15.9 Å². The molecule has 4 rings (SSSR count). The SMILES string of the molecule is Cc1nnc2ccc(N3CCC[C@@H](C(=O)Nc4ccc(F)c(Cl)c4)C3)nn12. The number of hydrogen-bond donors (Lipinski definition) is 1. The molecular weight excluding hydrogens is 371 g/mol. The predicted molar refractivity (Wildman–Crippen MR) is 100 cm³/mol. The number of nitrogens with zero attached hydrogens (tertiary/aromatic N) is 5. The van der Waals surface area contributed by atoms with Gasteiger partial charge in [-0.3, -0.25) is 4.79 Å². The molecule has 1 aliphatic heterocycles. The molecule has 27 heavy (non-hydrogen) atoms. The Labute approximate surface area is 160 Å². The number of piperidine rings is 1. The summed E-state index contributed by atoms with van der Waals surface area (Å²) in [6.45, 7) is 3.23. The van der Waals surface area contributed by atoms with E-state index in [2.05, 4.69) is 25.5 Å². The van der Waals surface area contributed by atoms with E-state index in [4.69, 9.17) is 11.6 Å². The zero-order chi connectivity index (χ0) is 19.0. The molecule has 3 heterocycles. The highest BCUT2D eigenvalue weighted by Gasteiger charge is 2.27. The van der Waals surface area contributed by atoms with Gasteiger partial charge in [0.2, 0.25) is 5.91 Å². The van der Waals surface area contributed by atoms with Gasteiger partial charge in [0.05, 0.1) is 10.9 Å². The first-order valence-corrected chi connectivity index (χ1v) is 9.09. The van der Waals surface area contributed by atoms with Crippen molar-refractivity contribution in [2.75, 3.05) is 23.3 Å². The molecule has 1 amide bonds. The van der Waals surface area contributed by atoms with Gasteiger partial charge in [-0.2, -0.15) is 4.52 Å². The van der Waals surface area contributed by atoms with Crippen LogP contribution >= 0.6 is 11.6 Å². The Kier molecular flexibility index (Phi) is 4.65. The number of carbonyl (C=O) groups is 1. The van der Waals surface area contributed by atoms with Crippen molar-refractivity contribution in [2.45, 2.75) is 19.8 Å². The van der Waals surface area contributed by atoms with E-state index in [0.29, 0.717) is 23.7 Å². The quantitative estimate of drug-likeness (QED) is 0.746. The molecule has 0 bridgehead atoms. The second kappa shape index (κ2) is 7.11. The zero-order valence-corrected chi connectivity index (χ0v) is 15.4. The van der Waals surface area contributed by atoms with Gasteiger partial charge >= 0.3 is 0 Å². The summed E-state index contributed by atoms with van der Waals surface area (Å²) in [4.78, 5) is 14.7. The molecule has 1 aromatic carbocycles. The zero-order valence-electron chi connectivity index (χ0n) is 14.7. The number of halogens is 2. The van der Waals surface area contributed by atoms with Crippen LogP contribution in [-0.2, 0) is 4.79 Å². The minimum Gasteiger partial charge on any atom is -0.354 e. The lowest BCUT2D eigenvalue weighted by Gasteiger charge is -2.32. The number of fused-ring (bicyclic) bond motifs is 1. The Morgan fingerprint density at radius 1 is 1.30 bits per heavy atom. The molecule has 1 aliphatic rings. The number of rotatable bonds is 3. The topological polar surface area (TPSA) is 75.4 Å². The second-order valence-electron chi connectivity index (χ2n) is 6.61. The molecule has 1 N–H and O–H groups in total. The third kappa shape index (κ3) is 3.57. The molecule has 140 valence electrons. The summed E-state index contributed by atoms with van der Waals surface area (Å²) in [7, 11) is 0. The minimum atomic E-state index is -0.510. The average molecular weight is 389 g/mol. The number of hydrogen-bond acceptors (Lipinski definition) is 5. The van der Waals surface area contributed by atoms with E-state index >= 15 is 0 Å². The fraction of sp³-hybridized carbons (Fsp3) is 0.333. The van der Waals surface area contributed by atoms with Crippen LogP contribution in [0.25, 0.3) is 5.65 Å². The van der Waals surface area contributed by atoms with Gasteiger partial charge in [-0.25, -0.2) is 4.39 Å². The van der Waals surface area contributed by atoms with Crippen LogP contribution in [0.15, 0.2) is 30.3 Å². The molecule has 0 unspecified atom stereocenters. The average Bonchev–Trinajstić information content (AvgIpc) is 3.05. The standard InChI is InChI=1S/C18H18ClFN6O/c1-11-22-23-16-6-7-17(24-26(11)16)25-8-2-3-12(10-25)18(27)21-13-4-5-15(20)14(19)9-13/h4-7,9,12H,2-3,8,10H2,1H3,(H,21,27)/t12-/m1/s1. The van der Waals surface area contributed by atoms with Gasteiger partial charge in [0.25, 0.3) is 0 Å². The number of nitrogens with one attached hydrogen (secondary N) is 1. The minimum absolute atomic E-state index is 0.0140. The molecule has 0 saturated carbocycles. The largest absolute Gasteiger partial charge is 0.354 e. The highest BCUT2D eigenvalue weighted by atomic mass is 35.5. The van der Waals surface area contributed by atoms with E-state index < -0.39 is 5.82 Å². The van der Waals surface area contributed by atoms with Crippen molar-refractivity contribution in [2.24, 2.45) is 5.92 Å². The van der Waals surface area contributed by atoms with E-state index in [9.17, 15) is 9.18 Å². The number of anilines is 2. The predicted octanol–water partition coefficient (Wildman–Crippen LogP) is 3.08. The van der Waals surface area contributed by atoms with Gasteiger partial charge < -0.3 is 10.2 Å². The normalized spacial score (nSPS) is 17.3. The van der Waals surface area contributed by atoms with Crippen molar-refractivity contribution in [3.05, 3.63) is 47.0 Å². The number of aryl methyl sites for hydroxylation is 1. The first-order valence-electron chi connectivity index (χ1n) is 8.71. The van der Waals surface area contributed by atoms with Crippen LogP contribution in [0.2, 0.25) is 5.02 Å². The van der Waals surface area contributed by atoms with Crippen LogP contribution in [0.3, 0.4) is 0 Å². The fourth-order valence-corrected chi connectivity index (χ4v) is 3.45. The molecule has 1 atom stereocenters. The monoisotopic (exact) mass is 388 g/mol. The molecule has 0 spiro atoms. The molecular formula is C18H18ClFN6O. The summed E-state index contributed by atoms with van der Waals surface area (Å²) >= 11 is 5.78. The van der Waals surface area contributed by atoms with Gasteiger partial charge in [0.15, 0.2) is 11.5 Å². The molecule has 0 radical (unpaired) electrons. The molecule has 0 aliphatic carbocycles. The lowest BCUT2D eigenvalue weighted by atomic mass is 9.97. The van der Waals surface area contributed by atoms with E-state index in [0.717, 1.165) is 25.2 Å². The summed E-state index contributed by atoms with van der Waals surface area (Å²) in [5.74, 6) is 0.689. The van der Waals surface area contributed by atoms with Crippen LogP contribution in [0.1, 0.15) is 18.7 Å². The molecule has 1 fully saturated rings. The first kappa shape index (κ1) is 17.7. The third-order valence-corrected chi connectivity index (χ3v) is 5.00. The van der Waals surface area contributed by atoms with Gasteiger partial charge in [-0.05, 0) is 50.1 Å². The van der Waals surface area contributed by atoms with Crippen molar-refractivity contribution in [3.8, 4) is 0 Å². The van der Waals surface area contributed by atoms with Crippen LogP contribution < -0.4 is 10.2 Å². The number of carbonyl (C=O) groups excluding carboxylic acids is 1. The Balaban J connectivity index is 1.48. The maximum Gasteiger partial charge on any atom is 0.229 e. The number of aromatic nitrogens is 4. The number of amides is 1. The van der Waals surface area contributed by atoms with Crippen molar-refractivity contribution in [1.82, 2.24) is 19.8 Å². The van der Waals surface area contributed by atoms with Gasteiger partial charge in [0.1, 0.15) is 11.6 Å². The first-order chi connectivity index (χ1) is 13.0. The van der Waals surface area contributed by atoms with E-state index in [-0.39, 0.29) is 16.8 Å². The molecule has 1 saturated heterocycles. The Morgan fingerprint density at radius 2 is 2.15 bits per heavy atom. The lowest BCUT2D eigenvalue weighted by Crippen LogP contribution is -2.41. The van der Waals surface area contributed by atoms with Gasteiger partial charge in [0, 0.05) is 18.8 Å². The van der Waals surface area contributed by atoms with E-state index in [1.807, 2.05) is 19.1 Å². The van der Waals surface area contributed by atoms with Crippen molar-refractivity contribution in [3.63, 3.8) is 0 Å². The third-order valence-electron chi connectivity index (χ3n) is 4.71.